The van der Waals surface area contributed by atoms with Crippen LogP contribution in [0.2, 0.25) is 0 Å². The van der Waals surface area contributed by atoms with Crippen molar-refractivity contribution in [1.29, 1.82) is 0 Å². The lowest BCUT2D eigenvalue weighted by molar-refractivity contribution is 0.0631. The fourth-order valence-corrected chi connectivity index (χ4v) is 4.14. The molecule has 1 unspecified atom stereocenters. The molecule has 0 heterocycles. The fraction of sp³-hybridized carbons (Fsp3) is 0.667. The molecule has 0 spiro atoms. The maximum Gasteiger partial charge on any atom is 0.123 e. The van der Waals surface area contributed by atoms with Crippen LogP contribution in [0, 0.1) is 5.82 Å². The summed E-state index contributed by atoms with van der Waals surface area (Å²) in [6.45, 7) is 9.61. The van der Waals surface area contributed by atoms with Gasteiger partial charge in [0.25, 0.3) is 0 Å². The van der Waals surface area contributed by atoms with Gasteiger partial charge in [0.2, 0.25) is 0 Å². The van der Waals surface area contributed by atoms with E-state index in [1.165, 1.54) is 31.7 Å². The lowest BCUT2D eigenvalue weighted by atomic mass is 9.81. The molecule has 1 aromatic carbocycles. The summed E-state index contributed by atoms with van der Waals surface area (Å²) >= 11 is 0. The highest BCUT2D eigenvalue weighted by Crippen LogP contribution is 2.44. The second-order valence-electron chi connectivity index (χ2n) is 6.03. The molecule has 1 atom stereocenters. The van der Waals surface area contributed by atoms with Crippen LogP contribution < -0.4 is 5.32 Å². The van der Waals surface area contributed by atoms with E-state index in [1.807, 2.05) is 6.07 Å². The van der Waals surface area contributed by atoms with Gasteiger partial charge in [-0.3, -0.25) is 4.90 Å². The Labute approximate surface area is 128 Å². The normalized spacial score (nSPS) is 19.1. The van der Waals surface area contributed by atoms with Crippen molar-refractivity contribution in [2.45, 2.75) is 58.0 Å². The zero-order valence-corrected chi connectivity index (χ0v) is 13.7. The van der Waals surface area contributed by atoms with E-state index < -0.39 is 0 Å². The lowest BCUT2D eigenvalue weighted by Gasteiger charge is -2.47. The first-order valence-corrected chi connectivity index (χ1v) is 8.41. The molecular weight excluding hydrogens is 263 g/mol. The van der Waals surface area contributed by atoms with Crippen LogP contribution in [0.25, 0.3) is 0 Å². The fourth-order valence-electron chi connectivity index (χ4n) is 4.14. The van der Waals surface area contributed by atoms with Crippen LogP contribution in [0.1, 0.15) is 58.1 Å². The van der Waals surface area contributed by atoms with Crippen molar-refractivity contribution in [3.05, 3.63) is 35.6 Å². The summed E-state index contributed by atoms with van der Waals surface area (Å²) in [5, 5.41) is 3.65. The predicted octanol–water partition coefficient (Wildman–Crippen LogP) is 4.13. The molecule has 0 radical (unpaired) electrons. The standard InChI is InChI=1S/C18H29FN2/c1-4-20-17(15-10-9-11-16(19)14-15)18(12-7-8-13-18)21(5-2)6-3/h9-11,14,17,20H,4-8,12-13H2,1-3H3. The third-order valence-electron chi connectivity index (χ3n) is 4.99. The minimum Gasteiger partial charge on any atom is -0.309 e. The number of halogens is 1. The van der Waals surface area contributed by atoms with E-state index in [1.54, 1.807) is 6.07 Å². The van der Waals surface area contributed by atoms with Gasteiger partial charge in [0.1, 0.15) is 5.82 Å². The summed E-state index contributed by atoms with van der Waals surface area (Å²) in [5.74, 6) is -0.136. The van der Waals surface area contributed by atoms with Crippen LogP contribution in [-0.4, -0.2) is 30.1 Å². The van der Waals surface area contributed by atoms with Crippen LogP contribution >= 0.6 is 0 Å². The Bertz CT molecular complexity index is 437. The first-order chi connectivity index (χ1) is 10.2. The van der Waals surface area contributed by atoms with E-state index in [9.17, 15) is 4.39 Å². The van der Waals surface area contributed by atoms with Gasteiger partial charge < -0.3 is 5.32 Å². The van der Waals surface area contributed by atoms with Crippen LogP contribution in [0.4, 0.5) is 4.39 Å². The van der Waals surface area contributed by atoms with Gasteiger partial charge >= 0.3 is 0 Å². The molecule has 0 aromatic heterocycles. The van der Waals surface area contributed by atoms with Gasteiger partial charge in [-0.2, -0.15) is 0 Å². The third kappa shape index (κ3) is 3.29. The number of benzene rings is 1. The van der Waals surface area contributed by atoms with Crippen LogP contribution in [0.5, 0.6) is 0 Å². The summed E-state index contributed by atoms with van der Waals surface area (Å²) in [7, 11) is 0. The Kier molecular flexibility index (Phi) is 5.77. The molecule has 0 bridgehead atoms. The first kappa shape index (κ1) is 16.4. The molecule has 2 rings (SSSR count). The van der Waals surface area contributed by atoms with Crippen molar-refractivity contribution in [3.63, 3.8) is 0 Å². The molecule has 118 valence electrons. The second kappa shape index (κ2) is 7.37. The zero-order valence-electron chi connectivity index (χ0n) is 13.7. The smallest absolute Gasteiger partial charge is 0.123 e. The number of nitrogens with one attached hydrogen (secondary N) is 1. The Morgan fingerprint density at radius 1 is 1.19 bits per heavy atom. The maximum absolute atomic E-state index is 13.7. The quantitative estimate of drug-likeness (QED) is 0.813. The van der Waals surface area contributed by atoms with Gasteiger partial charge in [-0.25, -0.2) is 4.39 Å². The van der Waals surface area contributed by atoms with Crippen LogP contribution in [0.3, 0.4) is 0 Å². The first-order valence-electron chi connectivity index (χ1n) is 8.41. The summed E-state index contributed by atoms with van der Waals surface area (Å²) in [6, 6.07) is 7.35. The highest BCUT2D eigenvalue weighted by Gasteiger charge is 2.45. The van der Waals surface area contributed by atoms with E-state index in [0.29, 0.717) is 0 Å². The molecule has 2 nitrogen and oxygen atoms in total. The van der Waals surface area contributed by atoms with Crippen molar-refractivity contribution in [2.75, 3.05) is 19.6 Å². The maximum atomic E-state index is 13.7. The molecule has 0 amide bonds. The largest absolute Gasteiger partial charge is 0.309 e. The summed E-state index contributed by atoms with van der Waals surface area (Å²) in [5.41, 5.74) is 1.22. The number of hydrogen-bond acceptors (Lipinski definition) is 2. The predicted molar refractivity (Wildman–Crippen MR) is 86.9 cm³/mol. The summed E-state index contributed by atoms with van der Waals surface area (Å²) < 4.78 is 13.7. The molecule has 1 aliphatic carbocycles. The average Bonchev–Trinajstić information content (AvgIpc) is 2.96. The number of rotatable bonds is 7. The van der Waals surface area contributed by atoms with Crippen molar-refractivity contribution >= 4 is 0 Å². The van der Waals surface area contributed by atoms with Gasteiger partial charge in [-0.15, -0.1) is 0 Å². The highest BCUT2D eigenvalue weighted by molar-refractivity contribution is 5.25. The lowest BCUT2D eigenvalue weighted by Crippen LogP contribution is -2.55. The van der Waals surface area contributed by atoms with E-state index >= 15 is 0 Å². The molecule has 3 heteroatoms. The summed E-state index contributed by atoms with van der Waals surface area (Å²) in [6.07, 6.45) is 4.94. The van der Waals surface area contributed by atoms with E-state index in [0.717, 1.165) is 25.2 Å². The van der Waals surface area contributed by atoms with Crippen LogP contribution in [-0.2, 0) is 0 Å². The SMILES string of the molecule is CCNC(c1cccc(F)c1)C1(N(CC)CC)CCCC1. The Hall–Kier alpha value is -0.930. The summed E-state index contributed by atoms with van der Waals surface area (Å²) in [4.78, 5) is 2.58. The number of hydrogen-bond donors (Lipinski definition) is 1. The molecule has 1 aliphatic rings. The van der Waals surface area contributed by atoms with Gasteiger partial charge in [-0.1, -0.05) is 45.7 Å². The molecule has 1 saturated carbocycles. The average molecular weight is 292 g/mol. The van der Waals surface area contributed by atoms with Crippen molar-refractivity contribution < 1.29 is 4.39 Å². The zero-order chi connectivity index (χ0) is 15.3. The molecule has 1 fully saturated rings. The topological polar surface area (TPSA) is 15.3 Å². The molecule has 0 aliphatic heterocycles. The molecular formula is C18H29FN2. The third-order valence-corrected chi connectivity index (χ3v) is 4.99. The van der Waals surface area contributed by atoms with Gasteiger partial charge in [0.05, 0.1) is 6.04 Å². The molecule has 0 saturated heterocycles. The minimum absolute atomic E-state index is 0.132. The van der Waals surface area contributed by atoms with Gasteiger partial charge in [0, 0.05) is 5.54 Å². The van der Waals surface area contributed by atoms with Crippen molar-refractivity contribution in [3.8, 4) is 0 Å². The van der Waals surface area contributed by atoms with Crippen molar-refractivity contribution in [1.82, 2.24) is 10.2 Å². The highest BCUT2D eigenvalue weighted by atomic mass is 19.1. The van der Waals surface area contributed by atoms with Crippen molar-refractivity contribution in [2.24, 2.45) is 0 Å². The van der Waals surface area contributed by atoms with E-state index in [-0.39, 0.29) is 17.4 Å². The monoisotopic (exact) mass is 292 g/mol. The number of likely N-dealkylation sites (N-methyl/N-ethyl adjacent to an activating group) is 2. The van der Waals surface area contributed by atoms with Gasteiger partial charge in [0.15, 0.2) is 0 Å². The second-order valence-corrected chi connectivity index (χ2v) is 6.03. The van der Waals surface area contributed by atoms with Gasteiger partial charge in [-0.05, 0) is 50.2 Å². The Morgan fingerprint density at radius 3 is 2.38 bits per heavy atom. The Balaban J connectivity index is 2.41. The Morgan fingerprint density at radius 2 is 1.86 bits per heavy atom. The van der Waals surface area contributed by atoms with E-state index in [4.69, 9.17) is 0 Å². The molecule has 21 heavy (non-hydrogen) atoms. The minimum atomic E-state index is -0.136. The molecule has 1 aromatic rings. The van der Waals surface area contributed by atoms with Crippen LogP contribution in [0.15, 0.2) is 24.3 Å². The number of nitrogens with zero attached hydrogens (tertiary/aromatic N) is 1. The molecule has 1 N–H and O–H groups in total. The van der Waals surface area contributed by atoms with E-state index in [2.05, 4.69) is 37.1 Å².